The Hall–Kier alpha value is -1.02. The van der Waals surface area contributed by atoms with Gasteiger partial charge in [-0.3, -0.25) is 4.90 Å². The van der Waals surface area contributed by atoms with E-state index in [0.29, 0.717) is 50.4 Å². The molecule has 0 bridgehead atoms. The fourth-order valence-electron chi connectivity index (χ4n) is 2.81. The predicted octanol–water partition coefficient (Wildman–Crippen LogP) is 0.816. The molecule has 1 unspecified atom stereocenters. The normalized spacial score (nSPS) is 27.1. The lowest BCUT2D eigenvalue weighted by Gasteiger charge is -2.34. The smallest absolute Gasteiger partial charge is 0.247 e. The molecule has 0 radical (unpaired) electrons. The van der Waals surface area contributed by atoms with Crippen molar-refractivity contribution < 1.29 is 14.0 Å². The maximum absolute atomic E-state index is 6.37. The number of hydrogen-bond acceptors (Lipinski definition) is 7. The monoisotopic (exact) mass is 296 g/mol. The Morgan fingerprint density at radius 1 is 1.29 bits per heavy atom. The third kappa shape index (κ3) is 3.11. The molecule has 118 valence electrons. The summed E-state index contributed by atoms with van der Waals surface area (Å²) in [6.07, 6.45) is 1.28. The summed E-state index contributed by atoms with van der Waals surface area (Å²) in [7, 11) is 0. The molecule has 7 heteroatoms. The molecule has 3 heterocycles. The van der Waals surface area contributed by atoms with Crippen molar-refractivity contribution in [1.82, 2.24) is 15.0 Å². The van der Waals surface area contributed by atoms with Gasteiger partial charge in [0.25, 0.3) is 0 Å². The van der Waals surface area contributed by atoms with Crippen LogP contribution in [0.15, 0.2) is 4.52 Å². The number of nitrogens with two attached hydrogens (primary N) is 1. The highest BCUT2D eigenvalue weighted by Gasteiger charge is 2.37. The van der Waals surface area contributed by atoms with Gasteiger partial charge in [0.05, 0.1) is 6.61 Å². The summed E-state index contributed by atoms with van der Waals surface area (Å²) in [5, 5.41) is 4.10. The number of rotatable bonds is 3. The Balaban J connectivity index is 1.72. The summed E-state index contributed by atoms with van der Waals surface area (Å²) >= 11 is 0. The van der Waals surface area contributed by atoms with Gasteiger partial charge in [-0.2, -0.15) is 4.98 Å². The average molecular weight is 296 g/mol. The van der Waals surface area contributed by atoms with Crippen molar-refractivity contribution >= 4 is 0 Å². The third-order valence-corrected chi connectivity index (χ3v) is 4.37. The second kappa shape index (κ2) is 6.00. The van der Waals surface area contributed by atoms with Gasteiger partial charge >= 0.3 is 0 Å². The van der Waals surface area contributed by atoms with Gasteiger partial charge < -0.3 is 19.7 Å². The van der Waals surface area contributed by atoms with Gasteiger partial charge in [-0.05, 0) is 26.7 Å². The summed E-state index contributed by atoms with van der Waals surface area (Å²) in [4.78, 5) is 6.87. The van der Waals surface area contributed by atoms with Gasteiger partial charge in [-0.25, -0.2) is 0 Å². The van der Waals surface area contributed by atoms with Gasteiger partial charge in [0.1, 0.15) is 11.6 Å². The van der Waals surface area contributed by atoms with Crippen molar-refractivity contribution in [3.05, 3.63) is 11.7 Å². The molecular weight excluding hydrogens is 272 g/mol. The lowest BCUT2D eigenvalue weighted by molar-refractivity contribution is -0.0450. The fraction of sp³-hybridized carbons (Fsp3) is 0.857. The standard InChI is InChI=1S/C14H24N4O3/c1-10(2)18-5-8-20-11(9-18)12-16-13(21-17-12)14(15)3-6-19-7-4-14/h10-11H,3-9,15H2,1-2H3. The van der Waals surface area contributed by atoms with E-state index in [1.54, 1.807) is 0 Å². The Morgan fingerprint density at radius 2 is 2.05 bits per heavy atom. The third-order valence-electron chi connectivity index (χ3n) is 4.37. The molecule has 0 saturated carbocycles. The van der Waals surface area contributed by atoms with Crippen LogP contribution in [0.3, 0.4) is 0 Å². The van der Waals surface area contributed by atoms with Crippen molar-refractivity contribution in [3.8, 4) is 0 Å². The van der Waals surface area contributed by atoms with Crippen LogP contribution < -0.4 is 5.73 Å². The fourth-order valence-corrected chi connectivity index (χ4v) is 2.81. The Bertz CT molecular complexity index is 471. The van der Waals surface area contributed by atoms with Gasteiger partial charge in [-0.1, -0.05) is 5.16 Å². The minimum atomic E-state index is -0.560. The number of morpholine rings is 1. The molecule has 2 saturated heterocycles. The minimum absolute atomic E-state index is 0.137. The van der Waals surface area contributed by atoms with Crippen molar-refractivity contribution in [2.45, 2.75) is 44.4 Å². The van der Waals surface area contributed by atoms with Crippen molar-refractivity contribution in [3.63, 3.8) is 0 Å². The van der Waals surface area contributed by atoms with Gasteiger partial charge in [0.2, 0.25) is 11.7 Å². The molecule has 1 aromatic rings. The molecule has 0 aliphatic carbocycles. The van der Waals surface area contributed by atoms with Crippen LogP contribution in [0, 0.1) is 0 Å². The maximum Gasteiger partial charge on any atom is 0.247 e. The second-order valence-electron chi connectivity index (χ2n) is 6.17. The van der Waals surface area contributed by atoms with Gasteiger partial charge in [0.15, 0.2) is 0 Å². The van der Waals surface area contributed by atoms with Crippen LogP contribution in [0.25, 0.3) is 0 Å². The van der Waals surface area contributed by atoms with E-state index in [4.69, 9.17) is 19.7 Å². The molecule has 0 spiro atoms. The summed E-state index contributed by atoms with van der Waals surface area (Å²) in [5.41, 5.74) is 5.81. The second-order valence-corrected chi connectivity index (χ2v) is 6.17. The predicted molar refractivity (Wildman–Crippen MR) is 75.6 cm³/mol. The lowest BCUT2D eigenvalue weighted by Crippen LogP contribution is -2.43. The molecule has 2 N–H and O–H groups in total. The van der Waals surface area contributed by atoms with Gasteiger partial charge in [0, 0.05) is 32.3 Å². The highest BCUT2D eigenvalue weighted by Crippen LogP contribution is 2.30. The zero-order valence-electron chi connectivity index (χ0n) is 12.7. The first-order valence-corrected chi connectivity index (χ1v) is 7.65. The highest BCUT2D eigenvalue weighted by atomic mass is 16.5. The number of nitrogens with zero attached hydrogens (tertiary/aromatic N) is 3. The maximum atomic E-state index is 6.37. The molecule has 2 aliphatic heterocycles. The molecule has 2 fully saturated rings. The number of ether oxygens (including phenoxy) is 2. The van der Waals surface area contributed by atoms with Crippen LogP contribution in [0.2, 0.25) is 0 Å². The highest BCUT2D eigenvalue weighted by molar-refractivity contribution is 5.05. The molecular formula is C14H24N4O3. The number of aromatic nitrogens is 2. The molecule has 7 nitrogen and oxygen atoms in total. The van der Waals surface area contributed by atoms with Crippen LogP contribution in [-0.4, -0.2) is 54.0 Å². The molecule has 1 atom stereocenters. The lowest BCUT2D eigenvalue weighted by atomic mass is 9.91. The summed E-state index contributed by atoms with van der Waals surface area (Å²) in [6.45, 7) is 8.05. The Kier molecular flexibility index (Phi) is 4.26. The van der Waals surface area contributed by atoms with Crippen LogP contribution >= 0.6 is 0 Å². The largest absolute Gasteiger partial charge is 0.381 e. The van der Waals surface area contributed by atoms with E-state index >= 15 is 0 Å². The zero-order chi connectivity index (χ0) is 14.9. The first-order valence-electron chi connectivity index (χ1n) is 7.65. The van der Waals surface area contributed by atoms with E-state index in [2.05, 4.69) is 28.9 Å². The first-order chi connectivity index (χ1) is 10.1. The molecule has 0 amide bonds. The van der Waals surface area contributed by atoms with E-state index < -0.39 is 5.54 Å². The van der Waals surface area contributed by atoms with E-state index in [-0.39, 0.29) is 6.10 Å². The molecule has 3 rings (SSSR count). The van der Waals surface area contributed by atoms with Gasteiger partial charge in [-0.15, -0.1) is 0 Å². The SMILES string of the molecule is CC(C)N1CCOC(c2noc(C3(N)CCOCC3)n2)C1. The van der Waals surface area contributed by atoms with E-state index in [1.807, 2.05) is 0 Å². The van der Waals surface area contributed by atoms with E-state index in [1.165, 1.54) is 0 Å². The summed E-state index contributed by atoms with van der Waals surface area (Å²) in [5.74, 6) is 1.11. The minimum Gasteiger partial charge on any atom is -0.381 e. The van der Waals surface area contributed by atoms with Crippen LogP contribution in [0.4, 0.5) is 0 Å². The zero-order valence-corrected chi connectivity index (χ0v) is 12.7. The van der Waals surface area contributed by atoms with Crippen molar-refractivity contribution in [1.29, 1.82) is 0 Å². The van der Waals surface area contributed by atoms with Crippen LogP contribution in [0.1, 0.15) is 44.5 Å². The molecule has 2 aliphatic rings. The summed E-state index contributed by atoms with van der Waals surface area (Å²) < 4.78 is 16.6. The molecule has 0 aromatic carbocycles. The summed E-state index contributed by atoms with van der Waals surface area (Å²) in [6, 6.07) is 0.485. The first kappa shape index (κ1) is 14.9. The molecule has 21 heavy (non-hydrogen) atoms. The van der Waals surface area contributed by atoms with Crippen molar-refractivity contribution in [2.75, 3.05) is 32.9 Å². The van der Waals surface area contributed by atoms with Crippen molar-refractivity contribution in [2.24, 2.45) is 5.73 Å². The average Bonchev–Trinajstić information content (AvgIpc) is 2.99. The number of hydrogen-bond donors (Lipinski definition) is 1. The Labute approximate surface area is 124 Å². The van der Waals surface area contributed by atoms with Crippen LogP contribution in [0.5, 0.6) is 0 Å². The quantitative estimate of drug-likeness (QED) is 0.883. The topological polar surface area (TPSA) is 86.6 Å². The van der Waals surface area contributed by atoms with Crippen LogP contribution in [-0.2, 0) is 15.0 Å². The Morgan fingerprint density at radius 3 is 2.76 bits per heavy atom. The van der Waals surface area contributed by atoms with E-state index in [0.717, 1.165) is 13.1 Å². The van der Waals surface area contributed by atoms with E-state index in [9.17, 15) is 0 Å². The molecule has 1 aromatic heterocycles.